The first-order valence-electron chi connectivity index (χ1n) is 2.94. The van der Waals surface area contributed by atoms with Gasteiger partial charge in [-0.1, -0.05) is 13.8 Å². The van der Waals surface area contributed by atoms with Gasteiger partial charge in [0.05, 0.1) is 0 Å². The second kappa shape index (κ2) is 4.21. The molecule has 0 spiro atoms. The number of thiol groups is 1. The maximum absolute atomic E-state index is 8.65. The second-order valence-corrected chi connectivity index (χ2v) is 2.73. The van der Waals surface area contributed by atoms with E-state index >= 15 is 0 Å². The van der Waals surface area contributed by atoms with Crippen molar-refractivity contribution >= 4 is 12.6 Å². The third kappa shape index (κ3) is 2.58. The van der Waals surface area contributed by atoms with Gasteiger partial charge in [-0.05, 0) is 17.6 Å². The zero-order chi connectivity index (χ0) is 6.57. The van der Waals surface area contributed by atoms with Crippen LogP contribution in [0.2, 0.25) is 0 Å². The summed E-state index contributed by atoms with van der Waals surface area (Å²) >= 11 is 4.08. The Bertz CT molecular complexity index is 50.5. The van der Waals surface area contributed by atoms with E-state index in [2.05, 4.69) is 26.5 Å². The monoisotopic (exact) mass is 134 g/mol. The van der Waals surface area contributed by atoms with E-state index in [1.54, 1.807) is 0 Å². The summed E-state index contributed by atoms with van der Waals surface area (Å²) < 4.78 is 0. The van der Waals surface area contributed by atoms with Crippen molar-refractivity contribution in [3.05, 3.63) is 0 Å². The van der Waals surface area contributed by atoms with Gasteiger partial charge in [-0.25, -0.2) is 0 Å². The van der Waals surface area contributed by atoms with Gasteiger partial charge in [0.2, 0.25) is 0 Å². The predicted molar refractivity (Wildman–Crippen MR) is 39.3 cm³/mol. The molecule has 0 fully saturated rings. The summed E-state index contributed by atoms with van der Waals surface area (Å²) in [7, 11) is 0. The first-order valence-corrected chi connectivity index (χ1v) is 3.57. The Morgan fingerprint density at radius 3 is 2.00 bits per heavy atom. The highest BCUT2D eigenvalue weighted by molar-refractivity contribution is 7.80. The molecule has 0 bridgehead atoms. The van der Waals surface area contributed by atoms with E-state index in [0.717, 1.165) is 5.75 Å². The van der Waals surface area contributed by atoms with Gasteiger partial charge in [0.15, 0.2) is 0 Å². The SMILES string of the molecule is CC(C)C(CO)CS. The van der Waals surface area contributed by atoms with E-state index in [9.17, 15) is 0 Å². The van der Waals surface area contributed by atoms with Gasteiger partial charge in [0, 0.05) is 6.61 Å². The molecule has 0 aliphatic rings. The summed E-state index contributed by atoms with van der Waals surface area (Å²) in [6, 6.07) is 0. The van der Waals surface area contributed by atoms with E-state index in [4.69, 9.17) is 5.11 Å². The molecule has 1 unspecified atom stereocenters. The Balaban J connectivity index is 3.35. The number of hydrogen-bond acceptors (Lipinski definition) is 2. The predicted octanol–water partition coefficient (Wildman–Crippen LogP) is 1.18. The van der Waals surface area contributed by atoms with Crippen LogP contribution in [0, 0.1) is 11.8 Å². The fraction of sp³-hybridized carbons (Fsp3) is 1.00. The Kier molecular flexibility index (Phi) is 4.38. The minimum atomic E-state index is 0.265. The highest BCUT2D eigenvalue weighted by Crippen LogP contribution is 2.10. The van der Waals surface area contributed by atoms with Crippen molar-refractivity contribution in [1.82, 2.24) is 0 Å². The molecule has 8 heavy (non-hydrogen) atoms. The van der Waals surface area contributed by atoms with Crippen molar-refractivity contribution in [2.45, 2.75) is 13.8 Å². The highest BCUT2D eigenvalue weighted by atomic mass is 32.1. The van der Waals surface area contributed by atoms with Gasteiger partial charge < -0.3 is 5.11 Å². The molecule has 1 atom stereocenters. The molecule has 1 N–H and O–H groups in total. The molecule has 0 saturated heterocycles. The summed E-state index contributed by atoms with van der Waals surface area (Å²) in [4.78, 5) is 0. The molecule has 0 radical (unpaired) electrons. The lowest BCUT2D eigenvalue weighted by molar-refractivity contribution is 0.206. The topological polar surface area (TPSA) is 20.2 Å². The van der Waals surface area contributed by atoms with Gasteiger partial charge in [-0.3, -0.25) is 0 Å². The molecule has 50 valence electrons. The van der Waals surface area contributed by atoms with Gasteiger partial charge >= 0.3 is 0 Å². The summed E-state index contributed by atoms with van der Waals surface area (Å²) in [6.45, 7) is 4.45. The third-order valence-electron chi connectivity index (χ3n) is 1.41. The van der Waals surface area contributed by atoms with Crippen molar-refractivity contribution in [2.75, 3.05) is 12.4 Å². The quantitative estimate of drug-likeness (QED) is 0.555. The lowest BCUT2D eigenvalue weighted by atomic mass is 9.99. The molecule has 0 rings (SSSR count). The van der Waals surface area contributed by atoms with Crippen molar-refractivity contribution in [3.63, 3.8) is 0 Å². The number of hydrogen-bond donors (Lipinski definition) is 2. The number of aliphatic hydroxyl groups is 1. The lowest BCUT2D eigenvalue weighted by Crippen LogP contribution is -2.14. The van der Waals surface area contributed by atoms with Crippen LogP contribution in [-0.4, -0.2) is 17.5 Å². The van der Waals surface area contributed by atoms with Gasteiger partial charge in [0.1, 0.15) is 0 Å². The van der Waals surface area contributed by atoms with Crippen LogP contribution in [0.3, 0.4) is 0 Å². The smallest absolute Gasteiger partial charge is 0.0469 e. The fourth-order valence-electron chi connectivity index (χ4n) is 0.479. The minimum absolute atomic E-state index is 0.265. The van der Waals surface area contributed by atoms with Crippen LogP contribution in [0.5, 0.6) is 0 Å². The first kappa shape index (κ1) is 8.31. The molecule has 2 heteroatoms. The van der Waals surface area contributed by atoms with Gasteiger partial charge in [-0.15, -0.1) is 0 Å². The van der Waals surface area contributed by atoms with Crippen molar-refractivity contribution in [1.29, 1.82) is 0 Å². The molecule has 0 aliphatic carbocycles. The fourth-order valence-corrected chi connectivity index (χ4v) is 1.02. The molecule has 0 aliphatic heterocycles. The van der Waals surface area contributed by atoms with Crippen molar-refractivity contribution in [2.24, 2.45) is 11.8 Å². The normalized spacial score (nSPS) is 14.6. The molecule has 0 heterocycles. The van der Waals surface area contributed by atoms with Crippen LogP contribution in [0.1, 0.15) is 13.8 Å². The van der Waals surface area contributed by atoms with Gasteiger partial charge in [-0.2, -0.15) is 12.6 Å². The second-order valence-electron chi connectivity index (χ2n) is 2.37. The highest BCUT2D eigenvalue weighted by Gasteiger charge is 2.08. The van der Waals surface area contributed by atoms with Crippen LogP contribution in [0.25, 0.3) is 0 Å². The van der Waals surface area contributed by atoms with Crippen LogP contribution in [-0.2, 0) is 0 Å². The third-order valence-corrected chi connectivity index (χ3v) is 1.88. The Labute approximate surface area is 56.5 Å². The lowest BCUT2D eigenvalue weighted by Gasteiger charge is -2.13. The molecule has 0 aromatic rings. The first-order chi connectivity index (χ1) is 3.72. The number of rotatable bonds is 3. The Morgan fingerprint density at radius 2 is 2.00 bits per heavy atom. The van der Waals surface area contributed by atoms with Gasteiger partial charge in [0.25, 0.3) is 0 Å². The summed E-state index contributed by atoms with van der Waals surface area (Å²) in [5.74, 6) is 1.71. The standard InChI is InChI=1S/C6H14OS/c1-5(2)6(3-7)4-8/h5-8H,3-4H2,1-2H3. The summed E-state index contributed by atoms with van der Waals surface area (Å²) in [6.07, 6.45) is 0. The van der Waals surface area contributed by atoms with Crippen LogP contribution >= 0.6 is 12.6 Å². The molecule has 0 aromatic carbocycles. The molecule has 0 amide bonds. The van der Waals surface area contributed by atoms with Crippen molar-refractivity contribution in [3.8, 4) is 0 Å². The van der Waals surface area contributed by atoms with E-state index in [1.165, 1.54) is 0 Å². The average Bonchev–Trinajstić information content (AvgIpc) is 1.69. The molecule has 0 aromatic heterocycles. The zero-order valence-corrected chi connectivity index (χ0v) is 6.36. The van der Waals surface area contributed by atoms with E-state index in [-0.39, 0.29) is 6.61 Å². The molecular formula is C6H14OS. The molecular weight excluding hydrogens is 120 g/mol. The minimum Gasteiger partial charge on any atom is -0.396 e. The Hall–Kier alpha value is 0.310. The largest absolute Gasteiger partial charge is 0.396 e. The van der Waals surface area contributed by atoms with Crippen LogP contribution in [0.15, 0.2) is 0 Å². The molecule has 1 nitrogen and oxygen atoms in total. The summed E-state index contributed by atoms with van der Waals surface area (Å²) in [5.41, 5.74) is 0. The van der Waals surface area contributed by atoms with Crippen LogP contribution < -0.4 is 0 Å². The Morgan fingerprint density at radius 1 is 1.50 bits per heavy atom. The van der Waals surface area contributed by atoms with E-state index in [0.29, 0.717) is 11.8 Å². The maximum Gasteiger partial charge on any atom is 0.0469 e. The average molecular weight is 134 g/mol. The maximum atomic E-state index is 8.65. The molecule has 0 saturated carbocycles. The zero-order valence-electron chi connectivity index (χ0n) is 5.46. The van der Waals surface area contributed by atoms with Crippen molar-refractivity contribution < 1.29 is 5.11 Å². The number of aliphatic hydroxyl groups excluding tert-OH is 1. The van der Waals surface area contributed by atoms with Crippen LogP contribution in [0.4, 0.5) is 0 Å². The van der Waals surface area contributed by atoms with E-state index in [1.807, 2.05) is 0 Å². The summed E-state index contributed by atoms with van der Waals surface area (Å²) in [5, 5.41) is 8.65. The van der Waals surface area contributed by atoms with E-state index < -0.39 is 0 Å².